The molecule has 83 heavy (non-hydrogen) atoms. The van der Waals surface area contributed by atoms with Gasteiger partial charge in [0.25, 0.3) is 0 Å². The monoisotopic (exact) mass is 1190 g/mol. The van der Waals surface area contributed by atoms with E-state index in [2.05, 4.69) is 42.5 Å². The Morgan fingerprint density at radius 1 is 0.410 bits per heavy atom. The summed E-state index contributed by atoms with van der Waals surface area (Å²) in [5.41, 5.74) is 5.50. The Labute approximate surface area is 485 Å². The number of carboxylic acids is 3. The highest BCUT2D eigenvalue weighted by molar-refractivity contribution is 5.96. The van der Waals surface area contributed by atoms with Gasteiger partial charge in [-0.25, -0.2) is 0 Å². The van der Waals surface area contributed by atoms with Gasteiger partial charge in [-0.1, -0.05) is 77.0 Å². The number of primary amides is 1. The van der Waals surface area contributed by atoms with Gasteiger partial charge in [0.2, 0.25) is 47.3 Å². The lowest BCUT2D eigenvalue weighted by molar-refractivity contribution is -0.142. The number of aliphatic carboxylic acids is 3. The van der Waals surface area contributed by atoms with Crippen LogP contribution in [0.1, 0.15) is 141 Å². The number of rotatable bonds is 55. The zero-order chi connectivity index (χ0) is 62.2. The number of carbonyl (C=O) groups excluding carboxylic acids is 8. The van der Waals surface area contributed by atoms with Crippen LogP contribution in [-0.2, 0) is 62.2 Å². The van der Waals surface area contributed by atoms with Crippen molar-refractivity contribution < 1.29 is 98.0 Å². The van der Waals surface area contributed by atoms with Crippen molar-refractivity contribution in [2.24, 2.45) is 5.73 Å². The van der Waals surface area contributed by atoms with Crippen molar-refractivity contribution in [1.29, 1.82) is 0 Å². The minimum Gasteiger partial charge on any atom is -0.481 e. The van der Waals surface area contributed by atoms with Gasteiger partial charge in [0, 0.05) is 25.9 Å². The second-order valence-corrected chi connectivity index (χ2v) is 20.0. The summed E-state index contributed by atoms with van der Waals surface area (Å²) in [5.74, 6) is -10.1. The summed E-state index contributed by atoms with van der Waals surface area (Å²) in [7, 11) is 1.35. The molecule has 0 saturated heterocycles. The molecule has 0 fully saturated rings. The summed E-state index contributed by atoms with van der Waals surface area (Å²) < 4.78 is 10.8. The van der Waals surface area contributed by atoms with E-state index in [0.29, 0.717) is 19.4 Å². The molecule has 30 heteroatoms. The van der Waals surface area contributed by atoms with Crippen LogP contribution in [-0.4, -0.2) is 235 Å². The van der Waals surface area contributed by atoms with Crippen LogP contribution in [0, 0.1) is 0 Å². The van der Waals surface area contributed by atoms with Crippen molar-refractivity contribution >= 4 is 65.2 Å². The molecule has 0 aromatic carbocycles. The maximum atomic E-state index is 13.6. The smallest absolute Gasteiger partial charge is 0.317 e. The van der Waals surface area contributed by atoms with Gasteiger partial charge in [-0.15, -0.1) is 0 Å². The van der Waals surface area contributed by atoms with Crippen molar-refractivity contribution in [3.8, 4) is 0 Å². The summed E-state index contributed by atoms with van der Waals surface area (Å²) in [6.45, 7) is -4.20. The average Bonchev–Trinajstić information content (AvgIpc) is 3.45. The quantitative estimate of drug-likeness (QED) is 0.0268. The summed E-state index contributed by atoms with van der Waals surface area (Å²) in [4.78, 5) is 137. The number of aliphatic hydroxyl groups excluding tert-OH is 4. The van der Waals surface area contributed by atoms with E-state index in [1.807, 2.05) is 0 Å². The third kappa shape index (κ3) is 40.7. The Kier molecular flexibility index (Phi) is 45.6. The van der Waals surface area contributed by atoms with Crippen molar-refractivity contribution in [2.75, 3.05) is 92.6 Å². The van der Waals surface area contributed by atoms with Crippen LogP contribution in [0.15, 0.2) is 0 Å². The van der Waals surface area contributed by atoms with E-state index in [4.69, 9.17) is 30.5 Å². The van der Waals surface area contributed by atoms with Crippen LogP contribution >= 0.6 is 0 Å². The molecule has 0 aliphatic carbocycles. The maximum Gasteiger partial charge on any atom is 0.317 e. The zero-order valence-corrected chi connectivity index (χ0v) is 48.2. The predicted octanol–water partition coefficient (Wildman–Crippen LogP) is -3.14. The van der Waals surface area contributed by atoms with Crippen molar-refractivity contribution in [2.45, 2.75) is 178 Å². The van der Waals surface area contributed by atoms with Gasteiger partial charge in [-0.05, 0) is 65.0 Å². The summed E-state index contributed by atoms with van der Waals surface area (Å²) in [5, 5.41) is 85.6. The molecular formula is C53H96N10O20. The normalized spacial score (nSPS) is 13.3. The lowest BCUT2D eigenvalue weighted by atomic mass is 10.0. The highest BCUT2D eigenvalue weighted by atomic mass is 16.5. The molecule has 0 aliphatic rings. The van der Waals surface area contributed by atoms with Gasteiger partial charge in [0.05, 0.1) is 59.3 Å². The molecule has 0 saturated carbocycles. The molecule has 0 aromatic heterocycles. The van der Waals surface area contributed by atoms with E-state index < -0.39 is 135 Å². The fraction of sp³-hybridized carbons (Fsp3) is 0.792. The molecule has 8 amide bonds. The summed E-state index contributed by atoms with van der Waals surface area (Å²) in [6.07, 6.45) is 16.7. The third-order valence-corrected chi connectivity index (χ3v) is 13.0. The molecule has 0 radical (unpaired) electrons. The number of unbranched alkanes of at least 4 members (excludes halogenated alkanes) is 15. The van der Waals surface area contributed by atoms with Gasteiger partial charge < -0.3 is 93.5 Å². The first-order valence-corrected chi connectivity index (χ1v) is 28.7. The van der Waals surface area contributed by atoms with E-state index in [-0.39, 0.29) is 83.9 Å². The summed E-state index contributed by atoms with van der Waals surface area (Å²) in [6, 6.07) is -9.26. The minimum absolute atomic E-state index is 0.0141. The highest BCUT2D eigenvalue weighted by Crippen LogP contribution is 2.14. The van der Waals surface area contributed by atoms with Crippen LogP contribution in [0.25, 0.3) is 0 Å². The number of aliphatic hydroxyl groups is 4. The van der Waals surface area contributed by atoms with Crippen molar-refractivity contribution in [3.05, 3.63) is 0 Å². The molecule has 30 nitrogen and oxygen atoms in total. The number of amides is 8. The first-order chi connectivity index (χ1) is 39.7. The number of ether oxygens (including phenoxy) is 2. The number of hydrogen-bond acceptors (Lipinski definition) is 19. The van der Waals surface area contributed by atoms with Gasteiger partial charge in [-0.2, -0.15) is 0 Å². The van der Waals surface area contributed by atoms with Gasteiger partial charge in [-0.3, -0.25) is 57.6 Å². The number of nitrogens with two attached hydrogens (primary N) is 1. The molecule has 0 heterocycles. The van der Waals surface area contributed by atoms with E-state index >= 15 is 0 Å². The molecular weight excluding hydrogens is 1100 g/mol. The maximum absolute atomic E-state index is 13.6. The lowest BCUT2D eigenvalue weighted by Crippen LogP contribution is -2.61. The SMILES string of the molecule is CN[C@@H](CO)C(=O)N[C@@H](CO)C(=O)N[C@@H](CCCCN(CC(=O)O)CC(=O)O)C(=O)N[C@@H](CO)C(=O)N[C@@H](CO)C(=O)N[C@@H](CCCCNC(=O)COCCOCCNC(=O)CCCCCCCCCCCCCCCCC(=O)O)C(N)=O. The molecule has 478 valence electrons. The van der Waals surface area contributed by atoms with Crippen molar-refractivity contribution in [1.82, 2.24) is 47.4 Å². The lowest BCUT2D eigenvalue weighted by Gasteiger charge is -2.26. The van der Waals surface area contributed by atoms with Gasteiger partial charge >= 0.3 is 17.9 Å². The fourth-order valence-electron chi connectivity index (χ4n) is 8.26. The topological polar surface area (TPSA) is 473 Å². The number of hydrogen-bond donors (Lipinski definition) is 16. The third-order valence-electron chi connectivity index (χ3n) is 13.0. The highest BCUT2D eigenvalue weighted by Gasteiger charge is 2.32. The number of nitrogens with zero attached hydrogens (tertiary/aromatic N) is 1. The molecule has 0 aliphatic heterocycles. The average molecular weight is 1190 g/mol. The standard InChI is InChI=1S/C53H96N10O20/c1-55-39(32-64)50(78)61-41(34-66)52(80)59-38(21-17-19-26-63(30-46(72)73)31-47(74)75)49(77)60-42(35-67)53(81)62-40(33-65)51(79)58-37(48(54)76)20-16-18-24-56-44(69)36-83-29-28-82-27-25-57-43(68)22-14-12-10-8-6-4-2-3-5-7-9-11-13-15-23-45(70)71/h37-42,55,64-67H,2-36H2,1H3,(H2,54,76)(H,56,69)(H,57,68)(H,58,79)(H,59,80)(H,60,77)(H,61,78)(H,62,81)(H,70,71)(H,72,73)(H,74,75)/t37-,38-,39-,40-,41-,42-/m0/s1. The minimum atomic E-state index is -1.83. The molecule has 6 atom stereocenters. The number of carboxylic acid groups (broad SMARTS) is 3. The first kappa shape index (κ1) is 76.9. The largest absolute Gasteiger partial charge is 0.481 e. The van der Waals surface area contributed by atoms with E-state index in [1.54, 1.807) is 0 Å². The van der Waals surface area contributed by atoms with Gasteiger partial charge in [0.1, 0.15) is 42.9 Å². The predicted molar refractivity (Wildman–Crippen MR) is 299 cm³/mol. The molecule has 0 bridgehead atoms. The first-order valence-electron chi connectivity index (χ1n) is 28.7. The Hall–Kier alpha value is -6.15. The molecule has 0 rings (SSSR count). The molecule has 0 spiro atoms. The zero-order valence-electron chi connectivity index (χ0n) is 48.2. The van der Waals surface area contributed by atoms with Gasteiger partial charge in [0.15, 0.2) is 0 Å². The Balaban J connectivity index is 4.78. The van der Waals surface area contributed by atoms with E-state index in [1.165, 1.54) is 52.0 Å². The van der Waals surface area contributed by atoms with E-state index in [9.17, 15) is 73.2 Å². The van der Waals surface area contributed by atoms with Crippen LogP contribution in [0.3, 0.4) is 0 Å². The molecule has 0 unspecified atom stereocenters. The Morgan fingerprint density at radius 3 is 1.24 bits per heavy atom. The Bertz CT molecular complexity index is 1900. The van der Waals surface area contributed by atoms with Crippen molar-refractivity contribution in [3.63, 3.8) is 0 Å². The second kappa shape index (κ2) is 49.3. The van der Waals surface area contributed by atoms with Crippen LogP contribution in [0.5, 0.6) is 0 Å². The number of nitrogens with one attached hydrogen (secondary N) is 8. The Morgan fingerprint density at radius 2 is 0.795 bits per heavy atom. The second-order valence-electron chi connectivity index (χ2n) is 20.0. The number of likely N-dealkylation sites (N-methyl/N-ethyl adjacent to an activating group) is 1. The summed E-state index contributed by atoms with van der Waals surface area (Å²) >= 11 is 0. The van der Waals surface area contributed by atoms with E-state index in [0.717, 1.165) is 49.8 Å². The van der Waals surface area contributed by atoms with Crippen LogP contribution in [0.2, 0.25) is 0 Å². The molecule has 17 N–H and O–H groups in total. The van der Waals surface area contributed by atoms with Crippen LogP contribution < -0.4 is 48.3 Å². The number of carbonyl (C=O) groups is 11. The molecule has 0 aromatic rings. The van der Waals surface area contributed by atoms with Crippen LogP contribution in [0.4, 0.5) is 0 Å². The fourth-order valence-corrected chi connectivity index (χ4v) is 8.26.